The Labute approximate surface area is 745 Å². The van der Waals surface area contributed by atoms with E-state index < -0.39 is 238 Å². The van der Waals surface area contributed by atoms with E-state index in [0.717, 1.165) is 103 Å². The number of thioether (sulfide) groups is 1. The number of unbranched alkanes of at least 4 members (excludes halogenated alkanes) is 3. The normalized spacial score (nSPS) is 17.0. The molecule has 2 aliphatic rings. The maximum atomic E-state index is 14.3. The number of rotatable bonds is 49. The molecule has 6 heterocycles. The highest BCUT2D eigenvalue weighted by molar-refractivity contribution is 8.00. The number of aromatic nitrogens is 8. The number of nitrogens with zero attached hydrogens (tertiary/aromatic N) is 4. The molecule has 4 aromatic heterocycles. The highest BCUT2D eigenvalue weighted by Crippen LogP contribution is 2.33. The molecule has 0 aliphatic carbocycles. The Bertz CT molecular complexity index is 5380. The van der Waals surface area contributed by atoms with Crippen LogP contribution in [0.1, 0.15) is 142 Å². The topological polar surface area (TPSA) is 763 Å². The number of aromatic amines is 4. The van der Waals surface area contributed by atoms with Crippen LogP contribution in [0.2, 0.25) is 0 Å². The molecule has 2 saturated heterocycles. The molecule has 4 aromatic rings. The Morgan fingerprint density at radius 2 is 0.669 bits per heavy atom. The van der Waals surface area contributed by atoms with Gasteiger partial charge in [0, 0.05) is 71.0 Å². The Balaban J connectivity index is 1.07. The molecule has 17 amide bonds. The average molecular weight is 1850 g/mol. The monoisotopic (exact) mass is 1850 g/mol. The molecule has 52 heteroatoms. The van der Waals surface area contributed by atoms with Gasteiger partial charge in [0.15, 0.2) is 0 Å². The third-order valence-electron chi connectivity index (χ3n) is 21.1. The van der Waals surface area contributed by atoms with Gasteiger partial charge in [-0.1, -0.05) is 6.42 Å². The van der Waals surface area contributed by atoms with Gasteiger partial charge in [0.05, 0.1) is 44.3 Å². The van der Waals surface area contributed by atoms with Crippen molar-refractivity contribution in [2.24, 2.45) is 17.2 Å². The minimum atomic E-state index is -1.87. The maximum absolute atomic E-state index is 14.3. The van der Waals surface area contributed by atoms with Crippen LogP contribution in [-0.2, 0) is 98.1 Å². The van der Waals surface area contributed by atoms with Crippen LogP contribution in [0.15, 0.2) is 63.1 Å². The summed E-state index contributed by atoms with van der Waals surface area (Å²) in [4.78, 5) is 327. The van der Waals surface area contributed by atoms with E-state index in [1.807, 2.05) is 9.97 Å². The van der Waals surface area contributed by atoms with Gasteiger partial charge in [-0.2, -0.15) is 11.8 Å². The predicted octanol–water partition coefficient (Wildman–Crippen LogP) is -11.2. The second-order valence-corrected chi connectivity index (χ2v) is 33.3. The van der Waals surface area contributed by atoms with Gasteiger partial charge in [-0.3, -0.25) is 129 Å². The lowest BCUT2D eigenvalue weighted by Gasteiger charge is -2.26. The number of aryl methyl sites for hydroxylation is 4. The molecule has 0 aromatic carbocycles. The standard InChI is InChI=1S/C78H117N27O24S/c1-34-25-102(75(126)98-57(34)108)29-48(93-66(117)42(9)84-63(114)40(7)89-72(123)50(31-104-27-36(3)59(110)100-77(104)128)95-68(119)44(11)86-69(120)46(80)19-16-18-24-82-54(106)22-14-13-21-53-55-52(33-130-53)96-74(125)97-55)70(121)87-38(5)61(112)83-41(8)65(116)92-49(30-103-26-35(2)58(109)99-76(103)127)71(122)88-39(6)62(113)85-43(10)67(118)94-51(32-105-28-37(4)60(111)101-78(105)129)73(124)90-45(12)64(115)91-47(56(81)107)20-15-17-23-79/h25-28,38-53,55H,13-24,29-33,79-80H2,1-12H3,(H2,81,107)(H,82,106)(H,83,112)(H,84,114)(H,85,113)(H,86,120)(H,87,121)(H,88,122)(H,89,123)(H,90,124)(H,91,115)(H,92,116)(H,93,117)(H,94,118)(H,95,119)(H2,96,97,125)(H,98,108,126)(H,99,109,127)(H,100,110,128)(H,101,111,129)/t38-,39-,40-,41-,42-,43-,44-,45-,46-,47-,48-,49-,50-,51-,52-,53-,55-/m0/s1. The molecule has 2 fully saturated rings. The lowest BCUT2D eigenvalue weighted by molar-refractivity contribution is -0.136. The Morgan fingerprint density at radius 3 is 0.985 bits per heavy atom. The zero-order valence-electron chi connectivity index (χ0n) is 73.9. The molecule has 2 aliphatic heterocycles. The number of nitrogens with one attached hydrogen (secondary N) is 20. The first kappa shape index (κ1) is 105. The fourth-order valence-electron chi connectivity index (χ4n) is 13.2. The molecule has 0 radical (unpaired) electrons. The highest BCUT2D eigenvalue weighted by atomic mass is 32.2. The lowest BCUT2D eigenvalue weighted by atomic mass is 10.0. The molecular weight excluding hydrogens is 1730 g/mol. The minimum absolute atomic E-state index is 0.0161. The van der Waals surface area contributed by atoms with E-state index in [-0.39, 0.29) is 64.4 Å². The first-order valence-corrected chi connectivity index (χ1v) is 43.0. The summed E-state index contributed by atoms with van der Waals surface area (Å²) >= 11 is 1.79. The average Bonchev–Trinajstić information content (AvgIpc) is 1.71. The molecule has 0 spiro atoms. The Kier molecular flexibility index (Phi) is 39.6. The van der Waals surface area contributed by atoms with Crippen LogP contribution >= 0.6 is 11.8 Å². The summed E-state index contributed by atoms with van der Waals surface area (Å²) in [6.07, 6.45) is 8.94. The first-order valence-electron chi connectivity index (χ1n) is 41.9. The molecule has 51 nitrogen and oxygen atoms in total. The number of urea groups is 1. The lowest BCUT2D eigenvalue weighted by Crippen LogP contribution is -2.61. The van der Waals surface area contributed by atoms with Gasteiger partial charge in [0.2, 0.25) is 88.6 Å². The van der Waals surface area contributed by atoms with Crippen molar-refractivity contribution >= 4 is 106 Å². The van der Waals surface area contributed by atoms with Crippen molar-refractivity contribution in [3.05, 3.63) is 130 Å². The van der Waals surface area contributed by atoms with Crippen LogP contribution in [0.5, 0.6) is 0 Å². The van der Waals surface area contributed by atoms with Crippen LogP contribution < -0.4 is 147 Å². The van der Waals surface area contributed by atoms with Gasteiger partial charge in [0.1, 0.15) is 78.5 Å². The minimum Gasteiger partial charge on any atom is -0.368 e. The summed E-state index contributed by atoms with van der Waals surface area (Å²) in [5, 5.41) is 39.8. The molecule has 17 atom stereocenters. The number of fused-ring (bicyclic) bond motifs is 1. The number of nitrogens with two attached hydrogens (primary N) is 3. The van der Waals surface area contributed by atoms with Gasteiger partial charge in [-0.25, -0.2) is 24.0 Å². The second kappa shape index (κ2) is 49.0. The summed E-state index contributed by atoms with van der Waals surface area (Å²) in [7, 11) is 0. The van der Waals surface area contributed by atoms with Crippen LogP contribution in [0.25, 0.3) is 0 Å². The molecular formula is C78H117N27O24S. The molecule has 714 valence electrons. The predicted molar refractivity (Wildman–Crippen MR) is 466 cm³/mol. The largest absolute Gasteiger partial charge is 0.368 e. The van der Waals surface area contributed by atoms with Gasteiger partial charge in [0.25, 0.3) is 22.2 Å². The Morgan fingerprint density at radius 1 is 0.377 bits per heavy atom. The van der Waals surface area contributed by atoms with Gasteiger partial charge in [-0.05, 0) is 141 Å². The molecule has 130 heavy (non-hydrogen) atoms. The van der Waals surface area contributed by atoms with Gasteiger partial charge >= 0.3 is 28.8 Å². The van der Waals surface area contributed by atoms with Crippen molar-refractivity contribution in [1.29, 1.82) is 0 Å². The first-order chi connectivity index (χ1) is 61.0. The number of hydrogen-bond donors (Lipinski definition) is 23. The van der Waals surface area contributed by atoms with Crippen molar-refractivity contribution in [3.63, 3.8) is 0 Å². The summed E-state index contributed by atoms with van der Waals surface area (Å²) in [5.41, 5.74) is 9.83. The third-order valence-corrected chi connectivity index (χ3v) is 22.6. The third kappa shape index (κ3) is 31.7. The van der Waals surface area contributed by atoms with E-state index in [0.29, 0.717) is 51.6 Å². The summed E-state index contributed by atoms with van der Waals surface area (Å²) in [5.74, 6) is -14.0. The van der Waals surface area contributed by atoms with Gasteiger partial charge < -0.3 is 102 Å². The van der Waals surface area contributed by atoms with E-state index in [2.05, 4.69) is 95.0 Å². The van der Waals surface area contributed by atoms with Crippen molar-refractivity contribution in [2.45, 2.75) is 275 Å². The van der Waals surface area contributed by atoms with E-state index >= 15 is 0 Å². The van der Waals surface area contributed by atoms with Crippen molar-refractivity contribution in [1.82, 2.24) is 123 Å². The fraction of sp³-hybridized carbons (Fsp3) is 0.590. The van der Waals surface area contributed by atoms with Crippen molar-refractivity contribution in [2.75, 3.05) is 18.8 Å². The quantitative estimate of drug-likeness (QED) is 0.0144. The molecule has 0 unspecified atom stereocenters. The summed E-state index contributed by atoms with van der Waals surface area (Å²) in [6, 6.07) is -22.0. The maximum Gasteiger partial charge on any atom is 0.328 e. The number of primary amides is 1. The number of carbonyl (C=O) groups is 16. The molecule has 0 saturated carbocycles. The van der Waals surface area contributed by atoms with E-state index in [1.54, 1.807) is 11.8 Å². The molecule has 26 N–H and O–H groups in total. The number of H-pyrrole nitrogens is 4. The number of carbonyl (C=O) groups excluding carboxylic acids is 16. The van der Waals surface area contributed by atoms with E-state index in [9.17, 15) is 115 Å². The molecule has 6 rings (SSSR count). The zero-order valence-corrected chi connectivity index (χ0v) is 74.7. The Hall–Kier alpha value is -13.7. The van der Waals surface area contributed by atoms with E-state index in [1.165, 1.54) is 41.5 Å². The van der Waals surface area contributed by atoms with Gasteiger partial charge in [-0.15, -0.1) is 0 Å². The highest BCUT2D eigenvalue weighted by Gasteiger charge is 2.43. The van der Waals surface area contributed by atoms with Crippen LogP contribution in [-0.4, -0.2) is 254 Å². The van der Waals surface area contributed by atoms with Crippen molar-refractivity contribution in [3.8, 4) is 0 Å². The van der Waals surface area contributed by atoms with Crippen LogP contribution in [0, 0.1) is 27.7 Å². The number of amides is 17. The van der Waals surface area contributed by atoms with Crippen molar-refractivity contribution < 1.29 is 76.7 Å². The van der Waals surface area contributed by atoms with Crippen LogP contribution in [0.4, 0.5) is 4.79 Å². The second-order valence-electron chi connectivity index (χ2n) is 32.0. The summed E-state index contributed by atoms with van der Waals surface area (Å²) in [6.45, 7) is 12.4. The SMILES string of the molecule is Cc1cn(C[C@H](NC(=O)[C@H](C)NC(=O)[C@H](C)NC(=O)[C@H](Cn2cc(C)c(=O)[nH]c2=O)NC(=O)[C@H](C)NC(=O)[C@H](C)NC(=O)[C@H](Cn2cc(C)c(=O)[nH]c2=O)NC(=O)[C@H](C)NC(=O)[C@@H](N)CCCCNC(=O)CCCC[C@@H]2SC[C@@H]3NC(=O)N[C@@H]32)C(=O)N[C@@H](C)C(=O)N[C@@H](C)C(=O)N[C@@H](Cn2cc(C)c(=O)[nH]c2=O)C(=O)N[C@@H](C)C(=O)N[C@@H](CCCCN)C(N)=O)c(=O)[nH]c1=O. The summed E-state index contributed by atoms with van der Waals surface area (Å²) < 4.78 is 3.40. The smallest absolute Gasteiger partial charge is 0.328 e. The fourth-order valence-corrected chi connectivity index (χ4v) is 14.7. The van der Waals surface area contributed by atoms with Crippen LogP contribution in [0.3, 0.4) is 0 Å². The number of hydrogen-bond acceptors (Lipinski definition) is 27. The zero-order chi connectivity index (χ0) is 97.0. The van der Waals surface area contributed by atoms with E-state index in [4.69, 9.17) is 17.2 Å². The molecule has 0 bridgehead atoms.